The molecule has 1 aliphatic heterocycles. The number of non-ortho nitro benzene ring substituents is 1. The van der Waals surface area contributed by atoms with Crippen molar-refractivity contribution in [1.29, 1.82) is 0 Å². The zero-order valence-corrected chi connectivity index (χ0v) is 20.4. The van der Waals surface area contributed by atoms with Gasteiger partial charge in [0.15, 0.2) is 0 Å². The van der Waals surface area contributed by atoms with Gasteiger partial charge in [0.2, 0.25) is 0 Å². The SMILES string of the molecule is CC(C)c1ccc2c(c1)CC[C@H]1[C@](C)(CN3C(=O)c4ccc([N+](=O)[O-])cc4C3=O)CCC[C@]21C. The number of carbonyl (C=O) groups excluding carboxylic acids is 2. The molecule has 0 spiro atoms. The van der Waals surface area contributed by atoms with E-state index < -0.39 is 10.8 Å². The van der Waals surface area contributed by atoms with Crippen molar-refractivity contribution >= 4 is 17.5 Å². The maximum Gasteiger partial charge on any atom is 0.270 e. The summed E-state index contributed by atoms with van der Waals surface area (Å²) in [6.45, 7) is 9.40. The lowest BCUT2D eigenvalue weighted by molar-refractivity contribution is -0.384. The van der Waals surface area contributed by atoms with Crippen molar-refractivity contribution in [2.75, 3.05) is 6.54 Å². The molecule has 34 heavy (non-hydrogen) atoms. The van der Waals surface area contributed by atoms with Gasteiger partial charge in [0.25, 0.3) is 17.5 Å². The van der Waals surface area contributed by atoms with Crippen LogP contribution in [0.25, 0.3) is 0 Å². The molecule has 2 aliphatic carbocycles. The van der Waals surface area contributed by atoms with Crippen molar-refractivity contribution in [3.05, 3.63) is 74.3 Å². The maximum atomic E-state index is 13.2. The van der Waals surface area contributed by atoms with Crippen LogP contribution in [-0.2, 0) is 11.8 Å². The quantitative estimate of drug-likeness (QED) is 0.317. The van der Waals surface area contributed by atoms with Gasteiger partial charge in [0.1, 0.15) is 0 Å². The van der Waals surface area contributed by atoms with E-state index in [0.29, 0.717) is 18.4 Å². The van der Waals surface area contributed by atoms with Crippen LogP contribution >= 0.6 is 0 Å². The molecule has 6 heteroatoms. The van der Waals surface area contributed by atoms with E-state index in [9.17, 15) is 19.7 Å². The number of carbonyl (C=O) groups is 2. The Kier molecular flexibility index (Phi) is 5.19. The van der Waals surface area contributed by atoms with Crippen LogP contribution in [0.3, 0.4) is 0 Å². The molecule has 0 bridgehead atoms. The number of fused-ring (bicyclic) bond motifs is 4. The average molecular weight is 461 g/mol. The zero-order valence-electron chi connectivity index (χ0n) is 20.4. The second-order valence-electron chi connectivity index (χ2n) is 11.3. The molecule has 2 amide bonds. The Morgan fingerprint density at radius 1 is 1.06 bits per heavy atom. The predicted molar refractivity (Wildman–Crippen MR) is 130 cm³/mol. The third-order valence-electron chi connectivity index (χ3n) is 8.85. The summed E-state index contributed by atoms with van der Waals surface area (Å²) < 4.78 is 0. The molecule has 178 valence electrons. The van der Waals surface area contributed by atoms with E-state index in [2.05, 4.69) is 45.9 Å². The molecule has 2 aromatic rings. The summed E-state index contributed by atoms with van der Waals surface area (Å²) in [7, 11) is 0. The van der Waals surface area contributed by atoms with Crippen molar-refractivity contribution in [3.8, 4) is 0 Å². The molecule has 5 rings (SSSR count). The fourth-order valence-electron chi connectivity index (χ4n) is 7.09. The van der Waals surface area contributed by atoms with Crippen LogP contribution in [0.2, 0.25) is 0 Å². The molecule has 6 nitrogen and oxygen atoms in total. The third-order valence-corrected chi connectivity index (χ3v) is 8.85. The van der Waals surface area contributed by atoms with Gasteiger partial charge in [0, 0.05) is 18.7 Å². The first kappa shape index (κ1) is 22.8. The van der Waals surface area contributed by atoms with E-state index in [1.165, 1.54) is 39.8 Å². The number of benzene rings is 2. The molecule has 0 unspecified atom stereocenters. The van der Waals surface area contributed by atoms with Gasteiger partial charge in [0.05, 0.1) is 16.1 Å². The number of rotatable bonds is 4. The molecule has 3 atom stereocenters. The molecule has 0 saturated heterocycles. The number of hydrogen-bond acceptors (Lipinski definition) is 4. The summed E-state index contributed by atoms with van der Waals surface area (Å²) in [5.41, 5.74) is 4.31. The van der Waals surface area contributed by atoms with Gasteiger partial charge >= 0.3 is 0 Å². The molecule has 2 aromatic carbocycles. The first-order valence-electron chi connectivity index (χ1n) is 12.3. The summed E-state index contributed by atoms with van der Waals surface area (Å²) >= 11 is 0. The molecule has 1 saturated carbocycles. The number of nitrogens with zero attached hydrogens (tertiary/aromatic N) is 2. The van der Waals surface area contributed by atoms with E-state index in [0.717, 1.165) is 32.1 Å². The second-order valence-corrected chi connectivity index (χ2v) is 11.3. The zero-order chi connectivity index (χ0) is 24.4. The highest BCUT2D eigenvalue weighted by molar-refractivity contribution is 6.21. The van der Waals surface area contributed by atoms with Gasteiger partial charge in [-0.15, -0.1) is 0 Å². The Bertz CT molecular complexity index is 1220. The van der Waals surface area contributed by atoms with E-state index >= 15 is 0 Å². The molecule has 0 radical (unpaired) electrons. The minimum atomic E-state index is -0.529. The van der Waals surface area contributed by atoms with Crippen LogP contribution in [0.5, 0.6) is 0 Å². The maximum absolute atomic E-state index is 13.2. The van der Waals surface area contributed by atoms with Crippen LogP contribution in [-0.4, -0.2) is 28.2 Å². The average Bonchev–Trinajstić information content (AvgIpc) is 3.02. The summed E-state index contributed by atoms with van der Waals surface area (Å²) in [6.07, 6.45) is 5.16. The lowest BCUT2D eigenvalue weighted by atomic mass is 9.49. The Balaban J connectivity index is 1.46. The summed E-state index contributed by atoms with van der Waals surface area (Å²) in [5, 5.41) is 11.2. The fourth-order valence-corrected chi connectivity index (χ4v) is 7.09. The summed E-state index contributed by atoms with van der Waals surface area (Å²) in [4.78, 5) is 38.4. The highest BCUT2D eigenvalue weighted by Gasteiger charge is 2.53. The van der Waals surface area contributed by atoms with E-state index in [1.807, 2.05) is 0 Å². The van der Waals surface area contributed by atoms with Crippen molar-refractivity contribution in [3.63, 3.8) is 0 Å². The van der Waals surface area contributed by atoms with Crippen molar-refractivity contribution < 1.29 is 14.5 Å². The summed E-state index contributed by atoms with van der Waals surface area (Å²) in [6, 6.07) is 10.9. The van der Waals surface area contributed by atoms with Crippen LogP contribution in [0.4, 0.5) is 5.69 Å². The van der Waals surface area contributed by atoms with Crippen molar-refractivity contribution in [2.24, 2.45) is 11.3 Å². The molecule has 0 N–H and O–H groups in total. The Hall–Kier alpha value is -3.02. The molecular weight excluding hydrogens is 428 g/mol. The van der Waals surface area contributed by atoms with Crippen LogP contribution in [0.15, 0.2) is 36.4 Å². The number of imide groups is 1. The van der Waals surface area contributed by atoms with Gasteiger partial charge < -0.3 is 0 Å². The van der Waals surface area contributed by atoms with Gasteiger partial charge in [-0.25, -0.2) is 0 Å². The Labute approximate surface area is 200 Å². The largest absolute Gasteiger partial charge is 0.274 e. The number of aryl methyl sites for hydroxylation is 1. The highest BCUT2D eigenvalue weighted by atomic mass is 16.6. The number of nitro benzene ring substituents is 1. The molecule has 1 heterocycles. The fraction of sp³-hybridized carbons (Fsp3) is 0.500. The molecule has 0 aromatic heterocycles. The number of amides is 2. The number of hydrogen-bond donors (Lipinski definition) is 0. The Morgan fingerprint density at radius 3 is 2.50 bits per heavy atom. The predicted octanol–water partition coefficient (Wildman–Crippen LogP) is 6.02. The molecule has 3 aliphatic rings. The van der Waals surface area contributed by atoms with E-state index in [-0.39, 0.29) is 33.6 Å². The first-order valence-corrected chi connectivity index (χ1v) is 12.3. The van der Waals surface area contributed by atoms with Crippen LogP contribution in [0.1, 0.15) is 96.7 Å². The van der Waals surface area contributed by atoms with Crippen molar-refractivity contribution in [2.45, 2.75) is 71.1 Å². The van der Waals surface area contributed by atoms with Gasteiger partial charge in [-0.2, -0.15) is 0 Å². The monoisotopic (exact) mass is 460 g/mol. The normalized spacial score (nSPS) is 28.0. The van der Waals surface area contributed by atoms with Crippen molar-refractivity contribution in [1.82, 2.24) is 4.90 Å². The third kappa shape index (κ3) is 3.29. The first-order chi connectivity index (χ1) is 16.0. The lowest BCUT2D eigenvalue weighted by Gasteiger charge is -2.56. The minimum absolute atomic E-state index is 0.00749. The van der Waals surface area contributed by atoms with Crippen LogP contribution < -0.4 is 0 Å². The standard InChI is InChI=1S/C28H32N2O4/c1-17(2)18-6-10-23-19(14-18)7-11-24-27(3,12-5-13-28(23,24)4)16-29-25(31)21-9-8-20(30(33)34)15-22(21)26(29)32/h6,8-10,14-15,17,24H,5,7,11-13,16H2,1-4H3/t24-,27-,28+/m0/s1. The van der Waals surface area contributed by atoms with E-state index in [1.54, 1.807) is 0 Å². The summed E-state index contributed by atoms with van der Waals surface area (Å²) in [5.74, 6) is 0.109. The lowest BCUT2D eigenvalue weighted by Crippen LogP contribution is -2.54. The van der Waals surface area contributed by atoms with Gasteiger partial charge in [-0.3, -0.25) is 24.6 Å². The minimum Gasteiger partial charge on any atom is -0.274 e. The van der Waals surface area contributed by atoms with E-state index in [4.69, 9.17) is 0 Å². The molecule has 1 fully saturated rings. The van der Waals surface area contributed by atoms with Crippen LogP contribution in [0, 0.1) is 21.4 Å². The number of nitro groups is 1. The smallest absolute Gasteiger partial charge is 0.270 e. The van der Waals surface area contributed by atoms with Gasteiger partial charge in [-0.05, 0) is 71.1 Å². The molecular formula is C28H32N2O4. The van der Waals surface area contributed by atoms with Gasteiger partial charge in [-0.1, -0.05) is 52.3 Å². The Morgan fingerprint density at radius 2 is 1.79 bits per heavy atom. The second kappa shape index (κ2) is 7.76. The highest BCUT2D eigenvalue weighted by Crippen LogP contribution is 2.57. The topological polar surface area (TPSA) is 80.5 Å².